The fraction of sp³-hybridized carbons (Fsp3) is 0.500. The third kappa shape index (κ3) is 3.07. The van der Waals surface area contributed by atoms with Crippen LogP contribution in [-0.4, -0.2) is 39.4 Å². The molecule has 0 aromatic carbocycles. The average Bonchev–Trinajstić information content (AvgIpc) is 3.11. The normalized spacial score (nSPS) is 18.0. The van der Waals surface area contributed by atoms with Gasteiger partial charge in [0.25, 0.3) is 0 Å². The van der Waals surface area contributed by atoms with Gasteiger partial charge >= 0.3 is 0 Å². The number of fused-ring (bicyclic) bond motifs is 1. The van der Waals surface area contributed by atoms with Crippen LogP contribution in [0.15, 0.2) is 18.6 Å². The molecule has 3 heterocycles. The Hall–Kier alpha value is -2.31. The molecule has 0 radical (unpaired) electrons. The first-order valence-electron chi connectivity index (χ1n) is 7.37. The van der Waals surface area contributed by atoms with Crippen molar-refractivity contribution in [3.05, 3.63) is 18.6 Å². The van der Waals surface area contributed by atoms with Crippen LogP contribution in [0.25, 0.3) is 5.65 Å². The van der Waals surface area contributed by atoms with Crippen LogP contribution in [0.3, 0.4) is 0 Å². The fourth-order valence-electron chi connectivity index (χ4n) is 2.44. The van der Waals surface area contributed by atoms with E-state index in [1.54, 1.807) is 6.20 Å². The van der Waals surface area contributed by atoms with Gasteiger partial charge in [-0.05, 0) is 12.8 Å². The number of rotatable bonds is 6. The molecule has 1 aliphatic rings. The van der Waals surface area contributed by atoms with Crippen LogP contribution >= 0.6 is 0 Å². The SMILES string of the molecule is CCCNc1cn2ccnc2c(NCC2CCC(=O)N2)n1. The molecule has 1 saturated heterocycles. The van der Waals surface area contributed by atoms with Crippen LogP contribution in [0.4, 0.5) is 11.6 Å². The maximum Gasteiger partial charge on any atom is 0.220 e. The molecule has 1 fully saturated rings. The van der Waals surface area contributed by atoms with Gasteiger partial charge in [-0.25, -0.2) is 9.97 Å². The van der Waals surface area contributed by atoms with E-state index < -0.39 is 0 Å². The minimum absolute atomic E-state index is 0.124. The van der Waals surface area contributed by atoms with Crippen LogP contribution in [-0.2, 0) is 4.79 Å². The summed E-state index contributed by atoms with van der Waals surface area (Å²) in [5.74, 6) is 1.68. The van der Waals surface area contributed by atoms with Crippen LogP contribution in [0.5, 0.6) is 0 Å². The molecule has 0 saturated carbocycles. The van der Waals surface area contributed by atoms with Gasteiger partial charge in [-0.1, -0.05) is 6.92 Å². The molecule has 112 valence electrons. The Kier molecular flexibility index (Phi) is 3.89. The van der Waals surface area contributed by atoms with E-state index in [1.807, 2.05) is 16.8 Å². The van der Waals surface area contributed by atoms with Crippen molar-refractivity contribution in [2.24, 2.45) is 0 Å². The third-order valence-corrected chi connectivity index (χ3v) is 3.53. The van der Waals surface area contributed by atoms with Crippen molar-refractivity contribution in [2.45, 2.75) is 32.2 Å². The fourth-order valence-corrected chi connectivity index (χ4v) is 2.44. The highest BCUT2D eigenvalue weighted by Gasteiger charge is 2.20. The van der Waals surface area contributed by atoms with Crippen molar-refractivity contribution in [3.63, 3.8) is 0 Å². The zero-order valence-corrected chi connectivity index (χ0v) is 12.1. The van der Waals surface area contributed by atoms with Crippen molar-refractivity contribution in [2.75, 3.05) is 23.7 Å². The average molecular weight is 288 g/mol. The lowest BCUT2D eigenvalue weighted by atomic mass is 10.2. The van der Waals surface area contributed by atoms with Crippen molar-refractivity contribution in [1.29, 1.82) is 0 Å². The number of anilines is 2. The van der Waals surface area contributed by atoms with E-state index in [1.165, 1.54) is 0 Å². The van der Waals surface area contributed by atoms with Crippen LogP contribution in [0.1, 0.15) is 26.2 Å². The largest absolute Gasteiger partial charge is 0.369 e. The summed E-state index contributed by atoms with van der Waals surface area (Å²) >= 11 is 0. The minimum Gasteiger partial charge on any atom is -0.369 e. The lowest BCUT2D eigenvalue weighted by Crippen LogP contribution is -2.32. The first-order valence-corrected chi connectivity index (χ1v) is 7.37. The molecule has 2 aromatic heterocycles. The highest BCUT2D eigenvalue weighted by Crippen LogP contribution is 2.17. The summed E-state index contributed by atoms with van der Waals surface area (Å²) in [6, 6.07) is 0.168. The van der Waals surface area contributed by atoms with Gasteiger partial charge in [-0.2, -0.15) is 0 Å². The van der Waals surface area contributed by atoms with E-state index in [0.717, 1.165) is 36.7 Å². The van der Waals surface area contributed by atoms with E-state index in [-0.39, 0.29) is 11.9 Å². The molecule has 3 N–H and O–H groups in total. The predicted molar refractivity (Wildman–Crippen MR) is 81.4 cm³/mol. The summed E-state index contributed by atoms with van der Waals surface area (Å²) < 4.78 is 1.94. The maximum absolute atomic E-state index is 11.2. The van der Waals surface area contributed by atoms with E-state index in [4.69, 9.17) is 0 Å². The number of hydrogen-bond acceptors (Lipinski definition) is 5. The van der Waals surface area contributed by atoms with Gasteiger partial charge in [-0.15, -0.1) is 0 Å². The van der Waals surface area contributed by atoms with Crippen molar-refractivity contribution in [1.82, 2.24) is 19.7 Å². The smallest absolute Gasteiger partial charge is 0.220 e. The van der Waals surface area contributed by atoms with E-state index in [9.17, 15) is 4.79 Å². The van der Waals surface area contributed by atoms with Crippen molar-refractivity contribution in [3.8, 4) is 0 Å². The Morgan fingerprint density at radius 3 is 3.14 bits per heavy atom. The first-order chi connectivity index (χ1) is 10.3. The molecule has 1 unspecified atom stereocenters. The van der Waals surface area contributed by atoms with Gasteiger partial charge in [0, 0.05) is 37.9 Å². The van der Waals surface area contributed by atoms with Crippen molar-refractivity contribution >= 4 is 23.2 Å². The number of imidazole rings is 1. The number of hydrogen-bond donors (Lipinski definition) is 3. The summed E-state index contributed by atoms with van der Waals surface area (Å²) in [5.41, 5.74) is 0.793. The maximum atomic E-state index is 11.2. The minimum atomic E-state index is 0.124. The molecule has 0 aliphatic carbocycles. The Bertz CT molecular complexity index is 637. The van der Waals surface area contributed by atoms with Crippen LogP contribution in [0, 0.1) is 0 Å². The topological polar surface area (TPSA) is 83.3 Å². The molecular formula is C14H20N6O. The van der Waals surface area contributed by atoms with Crippen LogP contribution < -0.4 is 16.0 Å². The van der Waals surface area contributed by atoms with Gasteiger partial charge in [0.2, 0.25) is 5.91 Å². The Balaban J connectivity index is 1.75. The van der Waals surface area contributed by atoms with Gasteiger partial charge in [0.1, 0.15) is 5.82 Å². The summed E-state index contributed by atoms with van der Waals surface area (Å²) in [6.07, 6.45) is 8.10. The monoisotopic (exact) mass is 288 g/mol. The van der Waals surface area contributed by atoms with E-state index in [0.29, 0.717) is 13.0 Å². The molecule has 0 bridgehead atoms. The van der Waals surface area contributed by atoms with E-state index in [2.05, 4.69) is 32.8 Å². The third-order valence-electron chi connectivity index (χ3n) is 3.53. The molecule has 0 spiro atoms. The number of nitrogens with zero attached hydrogens (tertiary/aromatic N) is 3. The summed E-state index contributed by atoms with van der Waals surface area (Å²) in [7, 11) is 0. The Morgan fingerprint density at radius 2 is 2.38 bits per heavy atom. The lowest BCUT2D eigenvalue weighted by molar-refractivity contribution is -0.119. The van der Waals surface area contributed by atoms with Crippen LogP contribution in [0.2, 0.25) is 0 Å². The molecule has 2 aromatic rings. The zero-order valence-electron chi connectivity index (χ0n) is 12.1. The molecule has 1 atom stereocenters. The van der Waals surface area contributed by atoms with Gasteiger partial charge in [-0.3, -0.25) is 4.79 Å². The highest BCUT2D eigenvalue weighted by molar-refractivity contribution is 5.78. The predicted octanol–water partition coefficient (Wildman–Crippen LogP) is 1.24. The standard InChI is InChI=1S/C14H20N6O/c1-2-5-15-11-9-20-7-6-16-14(20)13(19-11)17-8-10-3-4-12(21)18-10/h6-7,9-10,15H,2-5,8H2,1H3,(H,17,19)(H,18,21). The quantitative estimate of drug-likeness (QED) is 0.745. The molecule has 7 nitrogen and oxygen atoms in total. The molecule has 7 heteroatoms. The van der Waals surface area contributed by atoms with Gasteiger partial charge in [0.05, 0.1) is 6.20 Å². The Labute approximate surface area is 123 Å². The van der Waals surface area contributed by atoms with Gasteiger partial charge < -0.3 is 20.4 Å². The lowest BCUT2D eigenvalue weighted by Gasteiger charge is -2.14. The number of carbonyl (C=O) groups excluding carboxylic acids is 1. The number of carbonyl (C=O) groups is 1. The number of aromatic nitrogens is 3. The number of amides is 1. The second-order valence-electron chi connectivity index (χ2n) is 5.24. The first kappa shape index (κ1) is 13.7. The Morgan fingerprint density at radius 1 is 1.48 bits per heavy atom. The zero-order chi connectivity index (χ0) is 14.7. The molecule has 21 heavy (non-hydrogen) atoms. The second-order valence-corrected chi connectivity index (χ2v) is 5.24. The van der Waals surface area contributed by atoms with Gasteiger partial charge in [0.15, 0.2) is 11.5 Å². The van der Waals surface area contributed by atoms with E-state index >= 15 is 0 Å². The number of nitrogens with one attached hydrogen (secondary N) is 3. The highest BCUT2D eigenvalue weighted by atomic mass is 16.1. The summed E-state index contributed by atoms with van der Waals surface area (Å²) in [4.78, 5) is 20.1. The molecule has 3 rings (SSSR count). The summed E-state index contributed by atoms with van der Waals surface area (Å²) in [6.45, 7) is 3.66. The summed E-state index contributed by atoms with van der Waals surface area (Å²) in [5, 5.41) is 9.53. The second kappa shape index (κ2) is 5.99. The molecule has 1 aliphatic heterocycles. The van der Waals surface area contributed by atoms with Crippen molar-refractivity contribution < 1.29 is 4.79 Å². The molecular weight excluding hydrogens is 268 g/mol. The molecule has 1 amide bonds.